The molecule has 45 heteroatoms. The van der Waals surface area contributed by atoms with E-state index >= 15 is 0 Å². The van der Waals surface area contributed by atoms with Crippen LogP contribution in [0.15, 0.2) is 323 Å². The minimum Gasteiger partial charge on any atom is -0.486 e. The zero-order valence-electron chi connectivity index (χ0n) is 75.3. The third-order valence-corrected chi connectivity index (χ3v) is 21.7. The van der Waals surface area contributed by atoms with Gasteiger partial charge in [0.2, 0.25) is 11.6 Å². The Bertz CT molecular complexity index is 7920. The number of benzene rings is 11. The molecule has 32 nitrogen and oxygen atoms in total. The molecule has 0 unspecified atom stereocenters. The second-order valence-corrected chi connectivity index (χ2v) is 33.3. The molecule has 738 valence electrons. The number of nitriles is 1. The summed E-state index contributed by atoms with van der Waals surface area (Å²) in [4.78, 5) is 77.1. The van der Waals surface area contributed by atoms with Crippen molar-refractivity contribution in [3.05, 3.63) is 433 Å². The van der Waals surface area contributed by atoms with E-state index in [-0.39, 0.29) is 33.8 Å². The number of sulfonamides is 1. The number of rotatable bonds is 32. The van der Waals surface area contributed by atoms with E-state index in [9.17, 15) is 63.2 Å². The van der Waals surface area contributed by atoms with Crippen LogP contribution in [0.5, 0.6) is 17.2 Å². The van der Waals surface area contributed by atoms with E-state index in [1.165, 1.54) is 73.8 Å². The van der Waals surface area contributed by atoms with Gasteiger partial charge >= 0.3 is 0 Å². The molecule has 17 rings (SSSR count). The number of nitrogens with one attached hydrogen (secondary N) is 11. The first-order valence-corrected chi connectivity index (χ1v) is 45.8. The maximum Gasteiger partial charge on any atom is 0.270 e. The normalized spacial score (nSPS) is 10.5. The average Bonchev–Trinajstić information content (AvgIpc) is 0.819. The Hall–Kier alpha value is -18.7. The van der Waals surface area contributed by atoms with Gasteiger partial charge in [0, 0.05) is 123 Å². The number of nitro benzene ring substituents is 1. The van der Waals surface area contributed by atoms with Crippen molar-refractivity contribution in [2.24, 2.45) is 0 Å². The Morgan fingerprint density at radius 1 is 0.374 bits per heavy atom. The molecule has 0 aliphatic rings. The minimum atomic E-state index is -3.60. The Morgan fingerprint density at radius 2 is 0.735 bits per heavy atom. The lowest BCUT2D eigenvalue weighted by molar-refractivity contribution is -0.384. The van der Waals surface area contributed by atoms with E-state index in [0.29, 0.717) is 143 Å². The lowest BCUT2D eigenvalue weighted by atomic mass is 10.1. The van der Waals surface area contributed by atoms with Crippen LogP contribution in [-0.2, 0) is 23.2 Å². The van der Waals surface area contributed by atoms with Gasteiger partial charge in [0.15, 0.2) is 17.4 Å². The van der Waals surface area contributed by atoms with Crippen molar-refractivity contribution >= 4 is 183 Å². The number of ether oxygens (including phenoxy) is 3. The zero-order valence-corrected chi connectivity index (χ0v) is 79.2. The number of amides is 2. The van der Waals surface area contributed by atoms with E-state index < -0.39 is 96.9 Å². The molecule has 0 atom stereocenters. The van der Waals surface area contributed by atoms with Crippen molar-refractivity contribution in [3.63, 3.8) is 0 Å². The first kappa shape index (κ1) is 104. The average molecular weight is 2090 g/mol. The molecule has 6 heterocycles. The van der Waals surface area contributed by atoms with Gasteiger partial charge in [-0.3, -0.25) is 34.4 Å². The molecule has 0 saturated heterocycles. The number of nitro groups is 1. The van der Waals surface area contributed by atoms with E-state index in [2.05, 4.69) is 126 Å². The van der Waals surface area contributed by atoms with Crippen molar-refractivity contribution in [1.29, 1.82) is 5.26 Å². The molecule has 17 aromatic rings. The number of hydrogen-bond acceptors (Lipinski definition) is 28. The van der Waals surface area contributed by atoms with Gasteiger partial charge in [0.1, 0.15) is 126 Å². The van der Waals surface area contributed by atoms with Gasteiger partial charge in [0.25, 0.3) is 27.5 Å². The second-order valence-electron chi connectivity index (χ2n) is 30.1. The number of anilines is 19. The van der Waals surface area contributed by atoms with Crippen molar-refractivity contribution in [3.8, 4) is 35.2 Å². The van der Waals surface area contributed by atoms with Crippen molar-refractivity contribution < 1.29 is 72.3 Å². The van der Waals surface area contributed by atoms with Gasteiger partial charge in [0.05, 0.1) is 64.8 Å². The maximum absolute atomic E-state index is 14.0. The van der Waals surface area contributed by atoms with Crippen LogP contribution in [0.1, 0.15) is 43.2 Å². The molecule has 11 N–H and O–H groups in total. The lowest BCUT2D eigenvalue weighted by Crippen LogP contribution is -2.14. The van der Waals surface area contributed by atoms with Crippen LogP contribution in [0, 0.1) is 79.8 Å². The number of non-ortho nitro benzene ring substituents is 1. The SMILES string of the molecule is C=CS(=O)(=O)Nc1cccc(Nc2cc(Nc3ccc(OCc4ccccn4)c(Cl)c3)ncn2)c1.Fc1cc(F)c(F)c(OCC#Cc2cccc(Nc3cc(Nc4ccc(OCc5ccccn5)c(Cl)c4)ncn3)c2)c1F.N#Cc1ccc(F)c(C(=O)Nc2cccc(Nc3cc(Nc4ccc(F)c(Cl)c4)ncn3)c2)c1.O=C(Nc1cccc(Nc2cc(Nc3ccc(F)c(Cl)c3)ncn2)c1)c1cc([N+](=O)[O-])ccc1F. The molecule has 11 aromatic carbocycles. The fourth-order valence-corrected chi connectivity index (χ4v) is 14.1. The third-order valence-electron chi connectivity index (χ3n) is 19.5. The number of carbonyl (C=O) groups is 2. The van der Waals surface area contributed by atoms with Gasteiger partial charge in [-0.05, 0) is 194 Å². The summed E-state index contributed by atoms with van der Waals surface area (Å²) in [5.41, 5.74) is 7.20. The predicted octanol–water partition coefficient (Wildman–Crippen LogP) is 25.1. The van der Waals surface area contributed by atoms with Gasteiger partial charge in [-0.1, -0.05) is 101 Å². The van der Waals surface area contributed by atoms with E-state index in [0.717, 1.165) is 41.1 Å². The second kappa shape index (κ2) is 50.1. The molecular formula is C102H71Cl4F8N23O9S. The molecule has 0 aliphatic carbocycles. The van der Waals surface area contributed by atoms with Crippen molar-refractivity contribution in [2.75, 3.05) is 64.5 Å². The Morgan fingerprint density at radius 3 is 1.12 bits per heavy atom. The Labute approximate surface area is 851 Å². The van der Waals surface area contributed by atoms with Crippen LogP contribution in [0.3, 0.4) is 0 Å². The molecule has 0 radical (unpaired) electrons. The first-order chi connectivity index (χ1) is 70.9. The summed E-state index contributed by atoms with van der Waals surface area (Å²) in [5, 5.41) is 51.4. The van der Waals surface area contributed by atoms with Gasteiger partial charge in [-0.2, -0.15) is 14.0 Å². The third kappa shape index (κ3) is 30.9. The summed E-state index contributed by atoms with van der Waals surface area (Å²) in [6.07, 6.45) is 8.83. The topological polar surface area (TPSA) is 424 Å². The van der Waals surface area contributed by atoms with Crippen LogP contribution in [0.2, 0.25) is 20.1 Å². The molecular weight excluding hydrogens is 2020 g/mol. The molecule has 0 spiro atoms. The quantitative estimate of drug-likeness (QED) is 0.00613. The fraction of sp³-hybridized carbons (Fsp3) is 0.0294. The van der Waals surface area contributed by atoms with Gasteiger partial charge < -0.3 is 67.4 Å². The summed E-state index contributed by atoms with van der Waals surface area (Å²) in [6, 6.07) is 71.9. The van der Waals surface area contributed by atoms with Crippen LogP contribution in [0.4, 0.5) is 150 Å². The van der Waals surface area contributed by atoms with Crippen LogP contribution < -0.4 is 72.1 Å². The molecule has 0 aliphatic heterocycles. The van der Waals surface area contributed by atoms with E-state index in [1.807, 2.05) is 48.5 Å². The highest BCUT2D eigenvalue weighted by molar-refractivity contribution is 7.95. The minimum absolute atomic E-state index is 0.0181. The summed E-state index contributed by atoms with van der Waals surface area (Å²) >= 11 is 24.4. The largest absolute Gasteiger partial charge is 0.486 e. The highest BCUT2D eigenvalue weighted by Crippen LogP contribution is 2.36. The monoisotopic (exact) mass is 2090 g/mol. The highest BCUT2D eigenvalue weighted by atomic mass is 35.5. The van der Waals surface area contributed by atoms with Crippen LogP contribution in [0.25, 0.3) is 0 Å². The van der Waals surface area contributed by atoms with Crippen LogP contribution in [-0.4, -0.2) is 81.6 Å². The lowest BCUT2D eigenvalue weighted by Gasteiger charge is -2.12. The van der Waals surface area contributed by atoms with Gasteiger partial charge in [-0.15, -0.1) is 0 Å². The number of aromatic nitrogens is 10. The standard InChI is InChI=1S/C31H20ClF4N5O2.C24H15ClF2N6O.C24H21ClN6O3S.C23H15ClF2N6O3/c32-23-14-21(9-10-26(23)43-17-22-7-1-2-11-37-22)41-28-16-27(38-18-39-28)40-20-8-3-5-19(13-20)6-4-12-42-31-29(35)24(33)15-25(34)30(31)36;25-19-10-17(5-7-21(19)27)32-23-11-22(29-13-30-23)31-15-2-1-3-16(9-15)33-24(34)18-8-14(12-28)4-6-20(18)26;1-2-35(32,33)31-19-8-5-7-17(12-19)29-23-14-24(28-16-27-23)30-18-9-10-22(21(25)13-18)34-15-20-6-3-4-11-26-20;24-18-9-15(4-6-20(18)26)30-22-11-21(27-12-28-22)29-13-2-1-3-14(8-13)31-23(33)17-10-16(32(34)35)5-7-19(17)25/h1-3,5,7-11,13-16,18H,12,17H2,(H2,38,39,40,41);1-11,13H,(H,33,34)(H2,29,30,31,32);2-14,16,31H,1,15H2,(H2,27,28,29,30);1-12H,(H,31,33)(H2,27,28,29,30). The first-order valence-electron chi connectivity index (χ1n) is 42.7. The summed E-state index contributed by atoms with van der Waals surface area (Å²) in [5.74, 6) is -1.64. The molecule has 0 fully saturated rings. The maximum atomic E-state index is 14.0. The molecule has 6 aromatic heterocycles. The number of nitrogens with zero attached hydrogens (tertiary/aromatic N) is 12. The fourth-order valence-electron chi connectivity index (χ4n) is 12.8. The Kier molecular flexibility index (Phi) is 35.5. The van der Waals surface area contributed by atoms with E-state index in [1.54, 1.807) is 164 Å². The number of halogens is 12. The highest BCUT2D eigenvalue weighted by Gasteiger charge is 2.23. The predicted molar refractivity (Wildman–Crippen MR) is 544 cm³/mol. The summed E-state index contributed by atoms with van der Waals surface area (Å²) in [6.45, 7) is 3.38. The van der Waals surface area contributed by atoms with Crippen molar-refractivity contribution in [2.45, 2.75) is 13.2 Å². The molecule has 0 saturated carbocycles. The smallest absolute Gasteiger partial charge is 0.270 e. The molecule has 0 bridgehead atoms. The Balaban J connectivity index is 0.000000156. The summed E-state index contributed by atoms with van der Waals surface area (Å²) in [7, 11) is -3.60. The molecule has 2 amide bonds. The van der Waals surface area contributed by atoms with Crippen LogP contribution >= 0.6 is 46.4 Å². The number of pyridine rings is 2. The summed E-state index contributed by atoms with van der Waals surface area (Å²) < 4.78 is 151. The number of carbonyl (C=O) groups excluding carboxylic acids is 2. The molecule has 147 heavy (non-hydrogen) atoms. The zero-order chi connectivity index (χ0) is 104. The number of hydrogen-bond donors (Lipinski definition) is 11. The van der Waals surface area contributed by atoms with Gasteiger partial charge in [-0.25, -0.2) is 74.6 Å². The van der Waals surface area contributed by atoms with E-state index in [4.69, 9.17) is 65.9 Å². The van der Waals surface area contributed by atoms with Crippen molar-refractivity contribution in [1.82, 2.24) is 49.8 Å².